The molecule has 10 heteroatoms. The molecule has 2 aromatic heterocycles. The lowest BCUT2D eigenvalue weighted by Gasteiger charge is -2.08. The molecule has 0 aliphatic carbocycles. The molecule has 0 bridgehead atoms. The molecular weight excluding hydrogens is 408 g/mol. The summed E-state index contributed by atoms with van der Waals surface area (Å²) in [4.78, 5) is 12.4. The number of sulfonamides is 1. The van der Waals surface area contributed by atoms with Crippen molar-refractivity contribution < 1.29 is 18.4 Å². The molecular formula is C17H16N2O5S3. The standard InChI is InChI=1S/C17H16N2O5S3/c1-11-4-5-12(19(21)22)9-16(11)27(23,24)18-10-13-6-7-15(26-13)17(20)14-3-2-8-25-14/h2-9,17-18,20H,10H2,1H3. The van der Waals surface area contributed by atoms with E-state index in [1.807, 2.05) is 17.5 Å². The fourth-order valence-electron chi connectivity index (χ4n) is 2.46. The molecule has 2 N–H and O–H groups in total. The molecule has 0 amide bonds. The van der Waals surface area contributed by atoms with Gasteiger partial charge in [-0.3, -0.25) is 10.1 Å². The van der Waals surface area contributed by atoms with Gasteiger partial charge in [-0.15, -0.1) is 22.7 Å². The Kier molecular flexibility index (Phi) is 5.72. The highest BCUT2D eigenvalue weighted by Gasteiger charge is 2.21. The molecule has 142 valence electrons. The summed E-state index contributed by atoms with van der Waals surface area (Å²) in [5, 5.41) is 23.1. The maximum atomic E-state index is 12.6. The predicted molar refractivity (Wildman–Crippen MR) is 105 cm³/mol. The molecule has 3 aromatic rings. The van der Waals surface area contributed by atoms with E-state index < -0.39 is 21.1 Å². The number of thiophene rings is 2. The van der Waals surface area contributed by atoms with Crippen molar-refractivity contribution in [3.63, 3.8) is 0 Å². The third-order valence-electron chi connectivity index (χ3n) is 3.87. The maximum Gasteiger partial charge on any atom is 0.270 e. The van der Waals surface area contributed by atoms with Crippen molar-refractivity contribution in [1.82, 2.24) is 4.72 Å². The molecule has 0 aliphatic heterocycles. The Morgan fingerprint density at radius 1 is 1.22 bits per heavy atom. The number of nitrogens with one attached hydrogen (secondary N) is 1. The first kappa shape index (κ1) is 19.6. The summed E-state index contributed by atoms with van der Waals surface area (Å²) in [6.45, 7) is 1.62. The molecule has 0 aliphatic rings. The number of nitro groups is 1. The molecule has 0 saturated heterocycles. The third-order valence-corrected chi connectivity index (χ3v) is 7.48. The molecule has 1 aromatic carbocycles. The minimum Gasteiger partial charge on any atom is -0.382 e. The zero-order chi connectivity index (χ0) is 19.6. The van der Waals surface area contributed by atoms with Gasteiger partial charge in [0.25, 0.3) is 5.69 Å². The van der Waals surface area contributed by atoms with E-state index in [1.54, 1.807) is 19.1 Å². The number of aliphatic hydroxyl groups excluding tert-OH is 1. The van der Waals surface area contributed by atoms with Crippen molar-refractivity contribution in [2.45, 2.75) is 24.5 Å². The largest absolute Gasteiger partial charge is 0.382 e. The zero-order valence-corrected chi connectivity index (χ0v) is 16.6. The highest BCUT2D eigenvalue weighted by Crippen LogP contribution is 2.31. The monoisotopic (exact) mass is 424 g/mol. The van der Waals surface area contributed by atoms with Gasteiger partial charge in [0, 0.05) is 33.3 Å². The lowest BCUT2D eigenvalue weighted by molar-refractivity contribution is -0.385. The summed E-state index contributed by atoms with van der Waals surface area (Å²) in [6.07, 6.45) is -0.737. The number of aliphatic hydroxyl groups is 1. The average molecular weight is 425 g/mol. The van der Waals surface area contributed by atoms with Gasteiger partial charge in [0.05, 0.1) is 9.82 Å². The fourth-order valence-corrected chi connectivity index (χ4v) is 5.58. The second-order valence-electron chi connectivity index (χ2n) is 5.75. The maximum absolute atomic E-state index is 12.6. The Labute approximate surface area is 164 Å². The SMILES string of the molecule is Cc1ccc([N+](=O)[O-])cc1S(=O)(=O)NCc1ccc(C(O)c2cccs2)s1. The van der Waals surface area contributed by atoms with Crippen LogP contribution in [-0.4, -0.2) is 18.4 Å². The van der Waals surface area contributed by atoms with Gasteiger partial charge in [-0.1, -0.05) is 12.1 Å². The highest BCUT2D eigenvalue weighted by molar-refractivity contribution is 7.89. The van der Waals surface area contributed by atoms with E-state index in [4.69, 9.17) is 0 Å². The molecule has 1 unspecified atom stereocenters. The van der Waals surface area contributed by atoms with Crippen LogP contribution in [0.2, 0.25) is 0 Å². The van der Waals surface area contributed by atoms with E-state index in [9.17, 15) is 23.6 Å². The predicted octanol–water partition coefficient (Wildman–Crippen LogP) is 3.59. The lowest BCUT2D eigenvalue weighted by Crippen LogP contribution is -2.23. The van der Waals surface area contributed by atoms with Crippen LogP contribution in [-0.2, 0) is 16.6 Å². The van der Waals surface area contributed by atoms with Gasteiger partial charge >= 0.3 is 0 Å². The second kappa shape index (κ2) is 7.87. The van der Waals surface area contributed by atoms with E-state index in [1.165, 1.54) is 34.8 Å². The molecule has 0 radical (unpaired) electrons. The lowest BCUT2D eigenvalue weighted by atomic mass is 10.2. The summed E-state index contributed by atoms with van der Waals surface area (Å²) in [5.41, 5.74) is 0.145. The van der Waals surface area contributed by atoms with Gasteiger partial charge in [-0.2, -0.15) is 0 Å². The van der Waals surface area contributed by atoms with Gasteiger partial charge < -0.3 is 5.11 Å². The van der Waals surface area contributed by atoms with Crippen LogP contribution in [0.15, 0.2) is 52.7 Å². The number of non-ortho nitro benzene ring substituents is 1. The second-order valence-corrected chi connectivity index (χ2v) is 9.67. The molecule has 0 fully saturated rings. The van der Waals surface area contributed by atoms with Crippen LogP contribution in [0.25, 0.3) is 0 Å². The number of aryl methyl sites for hydroxylation is 1. The molecule has 0 spiro atoms. The topological polar surface area (TPSA) is 110 Å². The molecule has 0 saturated carbocycles. The summed E-state index contributed by atoms with van der Waals surface area (Å²) in [6, 6.07) is 10.9. The van der Waals surface area contributed by atoms with E-state index >= 15 is 0 Å². The van der Waals surface area contributed by atoms with Crippen molar-refractivity contribution in [2.75, 3.05) is 0 Å². The van der Waals surface area contributed by atoms with Crippen LogP contribution in [0.5, 0.6) is 0 Å². The van der Waals surface area contributed by atoms with Crippen LogP contribution in [0.3, 0.4) is 0 Å². The number of rotatable bonds is 7. The Bertz CT molecular complexity index is 1060. The van der Waals surface area contributed by atoms with Gasteiger partial charge in [0.1, 0.15) is 6.10 Å². The van der Waals surface area contributed by atoms with E-state index in [0.717, 1.165) is 20.7 Å². The number of hydrogen-bond acceptors (Lipinski definition) is 7. The normalized spacial score (nSPS) is 12.8. The Morgan fingerprint density at radius 2 is 2.00 bits per heavy atom. The number of nitro benzene ring substituents is 1. The molecule has 2 heterocycles. The summed E-state index contributed by atoms with van der Waals surface area (Å²) < 4.78 is 27.6. The van der Waals surface area contributed by atoms with Crippen molar-refractivity contribution in [3.8, 4) is 0 Å². The van der Waals surface area contributed by atoms with Crippen LogP contribution in [0.1, 0.15) is 26.3 Å². The smallest absolute Gasteiger partial charge is 0.270 e. The first-order chi connectivity index (χ1) is 12.8. The van der Waals surface area contributed by atoms with Crippen molar-refractivity contribution in [2.24, 2.45) is 0 Å². The van der Waals surface area contributed by atoms with E-state index in [-0.39, 0.29) is 17.1 Å². The average Bonchev–Trinajstić information content (AvgIpc) is 3.31. The summed E-state index contributed by atoms with van der Waals surface area (Å²) in [7, 11) is -3.91. The van der Waals surface area contributed by atoms with Gasteiger partial charge in [0.2, 0.25) is 10.0 Å². The minimum atomic E-state index is -3.91. The van der Waals surface area contributed by atoms with Crippen LogP contribution >= 0.6 is 22.7 Å². The Balaban J connectivity index is 1.75. The highest BCUT2D eigenvalue weighted by atomic mass is 32.2. The quantitative estimate of drug-likeness (QED) is 0.445. The number of nitrogens with zero attached hydrogens (tertiary/aromatic N) is 1. The van der Waals surface area contributed by atoms with Gasteiger partial charge in [-0.05, 0) is 36.1 Å². The van der Waals surface area contributed by atoms with Crippen molar-refractivity contribution >= 4 is 38.4 Å². The molecule has 7 nitrogen and oxygen atoms in total. The van der Waals surface area contributed by atoms with Crippen LogP contribution < -0.4 is 4.72 Å². The Hall–Kier alpha value is -2.11. The first-order valence-electron chi connectivity index (χ1n) is 7.83. The van der Waals surface area contributed by atoms with Crippen molar-refractivity contribution in [1.29, 1.82) is 0 Å². The molecule has 27 heavy (non-hydrogen) atoms. The number of hydrogen-bond donors (Lipinski definition) is 2. The summed E-state index contributed by atoms with van der Waals surface area (Å²) in [5.74, 6) is 0. The zero-order valence-electron chi connectivity index (χ0n) is 14.2. The van der Waals surface area contributed by atoms with E-state index in [2.05, 4.69) is 4.72 Å². The van der Waals surface area contributed by atoms with Gasteiger partial charge in [-0.25, -0.2) is 13.1 Å². The third kappa shape index (κ3) is 4.42. The van der Waals surface area contributed by atoms with E-state index in [0.29, 0.717) is 5.56 Å². The van der Waals surface area contributed by atoms with Crippen LogP contribution in [0.4, 0.5) is 5.69 Å². The fraction of sp³-hybridized carbons (Fsp3) is 0.176. The van der Waals surface area contributed by atoms with Crippen molar-refractivity contribution in [3.05, 3.63) is 78.2 Å². The number of benzene rings is 1. The molecule has 3 rings (SSSR count). The van der Waals surface area contributed by atoms with Crippen LogP contribution in [0, 0.1) is 17.0 Å². The Morgan fingerprint density at radius 3 is 2.67 bits per heavy atom. The minimum absolute atomic E-state index is 0.0340. The summed E-state index contributed by atoms with van der Waals surface area (Å²) >= 11 is 2.75. The first-order valence-corrected chi connectivity index (χ1v) is 11.0. The molecule has 1 atom stereocenters. The van der Waals surface area contributed by atoms with Gasteiger partial charge in [0.15, 0.2) is 0 Å².